The quantitative estimate of drug-likeness (QED) is 0.871. The van der Waals surface area contributed by atoms with E-state index in [1.807, 2.05) is 19.1 Å². The maximum absolute atomic E-state index is 11.9. The molecule has 0 fully saturated rings. The fourth-order valence-electron chi connectivity index (χ4n) is 1.38. The number of methoxy groups -OCH3 is 1. The fourth-order valence-corrected chi connectivity index (χ4v) is 2.61. The van der Waals surface area contributed by atoms with Crippen LogP contribution in [0.3, 0.4) is 0 Å². The van der Waals surface area contributed by atoms with Gasteiger partial charge in [0.2, 0.25) is 0 Å². The van der Waals surface area contributed by atoms with E-state index in [4.69, 9.17) is 4.74 Å². The molecule has 1 N–H and O–H groups in total. The SMILES string of the molecule is COCC(C)CNC(=O)c1ccc(Br)cc1Br. The van der Waals surface area contributed by atoms with Gasteiger partial charge in [-0.25, -0.2) is 0 Å². The van der Waals surface area contributed by atoms with Crippen LogP contribution < -0.4 is 5.32 Å². The first kappa shape index (κ1) is 14.7. The molecule has 1 unspecified atom stereocenters. The Morgan fingerprint density at radius 3 is 2.76 bits per heavy atom. The number of halogens is 2. The zero-order valence-corrected chi connectivity index (χ0v) is 13.0. The summed E-state index contributed by atoms with van der Waals surface area (Å²) in [5.41, 5.74) is 0.637. The van der Waals surface area contributed by atoms with Crippen molar-refractivity contribution >= 4 is 37.8 Å². The Kier molecular flexibility index (Phi) is 6.16. The summed E-state index contributed by atoms with van der Waals surface area (Å²) in [7, 11) is 1.66. The third-order valence-electron chi connectivity index (χ3n) is 2.24. The standard InChI is InChI=1S/C12H15Br2NO2/c1-8(7-17-2)6-15-12(16)10-4-3-9(13)5-11(10)14/h3-5,8H,6-7H2,1-2H3,(H,15,16). The van der Waals surface area contributed by atoms with Gasteiger partial charge >= 0.3 is 0 Å². The lowest BCUT2D eigenvalue weighted by Crippen LogP contribution is -2.30. The molecule has 1 aromatic carbocycles. The summed E-state index contributed by atoms with van der Waals surface area (Å²) in [6.45, 7) is 3.28. The van der Waals surface area contributed by atoms with Gasteiger partial charge in [-0.2, -0.15) is 0 Å². The van der Waals surface area contributed by atoms with Gasteiger partial charge in [-0.05, 0) is 40.0 Å². The topological polar surface area (TPSA) is 38.3 Å². The second-order valence-electron chi connectivity index (χ2n) is 3.89. The minimum Gasteiger partial charge on any atom is -0.384 e. The summed E-state index contributed by atoms with van der Waals surface area (Å²) in [6.07, 6.45) is 0. The third-order valence-corrected chi connectivity index (χ3v) is 3.39. The number of carbonyl (C=O) groups excluding carboxylic acids is 1. The normalized spacial score (nSPS) is 12.2. The molecular formula is C12H15Br2NO2. The molecule has 17 heavy (non-hydrogen) atoms. The lowest BCUT2D eigenvalue weighted by atomic mass is 10.1. The Labute approximate surface area is 118 Å². The van der Waals surface area contributed by atoms with Gasteiger partial charge in [0.1, 0.15) is 0 Å². The predicted molar refractivity (Wildman–Crippen MR) is 75.2 cm³/mol. The Balaban J connectivity index is 2.58. The molecule has 1 rings (SSSR count). The van der Waals surface area contributed by atoms with Crippen LogP contribution in [0.1, 0.15) is 17.3 Å². The van der Waals surface area contributed by atoms with Crippen LogP contribution in [0.15, 0.2) is 27.1 Å². The monoisotopic (exact) mass is 363 g/mol. The van der Waals surface area contributed by atoms with Crippen molar-refractivity contribution in [3.63, 3.8) is 0 Å². The first-order valence-electron chi connectivity index (χ1n) is 5.26. The zero-order chi connectivity index (χ0) is 12.8. The average molecular weight is 365 g/mol. The molecule has 0 aliphatic rings. The molecular weight excluding hydrogens is 350 g/mol. The fraction of sp³-hybridized carbons (Fsp3) is 0.417. The van der Waals surface area contributed by atoms with E-state index in [-0.39, 0.29) is 5.91 Å². The Morgan fingerprint density at radius 1 is 1.47 bits per heavy atom. The number of ether oxygens (including phenoxy) is 1. The molecule has 5 heteroatoms. The molecule has 0 heterocycles. The van der Waals surface area contributed by atoms with Gasteiger partial charge in [0.05, 0.1) is 12.2 Å². The maximum atomic E-state index is 11.9. The Morgan fingerprint density at radius 2 is 2.18 bits per heavy atom. The molecule has 0 aromatic heterocycles. The first-order chi connectivity index (χ1) is 8.04. The van der Waals surface area contributed by atoms with Crippen LogP contribution in [0.5, 0.6) is 0 Å². The molecule has 1 aromatic rings. The van der Waals surface area contributed by atoms with Gasteiger partial charge in [-0.15, -0.1) is 0 Å². The number of rotatable bonds is 5. The lowest BCUT2D eigenvalue weighted by Gasteiger charge is -2.12. The van der Waals surface area contributed by atoms with E-state index in [1.54, 1.807) is 13.2 Å². The number of hydrogen-bond acceptors (Lipinski definition) is 2. The van der Waals surface area contributed by atoms with Crippen LogP contribution in [0.4, 0.5) is 0 Å². The molecule has 0 saturated carbocycles. The molecule has 1 amide bonds. The maximum Gasteiger partial charge on any atom is 0.252 e. The number of nitrogens with one attached hydrogen (secondary N) is 1. The van der Waals surface area contributed by atoms with E-state index in [0.29, 0.717) is 24.6 Å². The van der Waals surface area contributed by atoms with Gasteiger partial charge in [0.25, 0.3) is 5.91 Å². The minimum absolute atomic E-state index is 0.0765. The number of carbonyl (C=O) groups is 1. The van der Waals surface area contributed by atoms with Crippen LogP contribution in [-0.4, -0.2) is 26.2 Å². The van der Waals surface area contributed by atoms with E-state index in [9.17, 15) is 4.79 Å². The number of hydrogen-bond donors (Lipinski definition) is 1. The molecule has 0 aliphatic carbocycles. The molecule has 0 saturated heterocycles. The van der Waals surface area contributed by atoms with Gasteiger partial charge < -0.3 is 10.1 Å². The Hall–Kier alpha value is -0.390. The highest BCUT2D eigenvalue weighted by Crippen LogP contribution is 2.21. The van der Waals surface area contributed by atoms with E-state index in [2.05, 4.69) is 37.2 Å². The van der Waals surface area contributed by atoms with E-state index >= 15 is 0 Å². The highest BCUT2D eigenvalue weighted by molar-refractivity contribution is 9.11. The Bertz CT molecular complexity index is 396. The van der Waals surface area contributed by atoms with Crippen LogP contribution in [0.25, 0.3) is 0 Å². The minimum atomic E-state index is -0.0765. The molecule has 0 spiro atoms. The molecule has 0 radical (unpaired) electrons. The summed E-state index contributed by atoms with van der Waals surface area (Å²) in [6, 6.07) is 5.48. The summed E-state index contributed by atoms with van der Waals surface area (Å²) < 4.78 is 6.73. The highest BCUT2D eigenvalue weighted by Gasteiger charge is 2.11. The molecule has 0 aliphatic heterocycles. The van der Waals surface area contributed by atoms with Crippen molar-refractivity contribution < 1.29 is 9.53 Å². The van der Waals surface area contributed by atoms with Gasteiger partial charge in [0.15, 0.2) is 0 Å². The summed E-state index contributed by atoms with van der Waals surface area (Å²) in [5, 5.41) is 2.88. The first-order valence-corrected chi connectivity index (χ1v) is 6.85. The van der Waals surface area contributed by atoms with Crippen molar-refractivity contribution in [2.24, 2.45) is 5.92 Å². The van der Waals surface area contributed by atoms with Crippen LogP contribution >= 0.6 is 31.9 Å². The molecule has 0 bridgehead atoms. The highest BCUT2D eigenvalue weighted by atomic mass is 79.9. The summed E-state index contributed by atoms with van der Waals surface area (Å²) >= 11 is 6.72. The average Bonchev–Trinajstić information content (AvgIpc) is 2.26. The molecule has 1 atom stereocenters. The van der Waals surface area contributed by atoms with Gasteiger partial charge in [-0.3, -0.25) is 4.79 Å². The largest absolute Gasteiger partial charge is 0.384 e. The van der Waals surface area contributed by atoms with Gasteiger partial charge in [0, 0.05) is 22.6 Å². The van der Waals surface area contributed by atoms with Crippen molar-refractivity contribution in [1.82, 2.24) is 5.32 Å². The van der Waals surface area contributed by atoms with Crippen LogP contribution in [-0.2, 0) is 4.74 Å². The van der Waals surface area contributed by atoms with E-state index in [1.165, 1.54) is 0 Å². The van der Waals surface area contributed by atoms with E-state index < -0.39 is 0 Å². The summed E-state index contributed by atoms with van der Waals surface area (Å²) in [5.74, 6) is 0.227. The van der Waals surface area contributed by atoms with Gasteiger partial charge in [-0.1, -0.05) is 22.9 Å². The number of amides is 1. The predicted octanol–water partition coefficient (Wildman–Crippen LogP) is 3.22. The smallest absolute Gasteiger partial charge is 0.252 e. The van der Waals surface area contributed by atoms with E-state index in [0.717, 1.165) is 8.95 Å². The van der Waals surface area contributed by atoms with Crippen molar-refractivity contribution in [2.75, 3.05) is 20.3 Å². The molecule has 3 nitrogen and oxygen atoms in total. The second-order valence-corrected chi connectivity index (χ2v) is 5.66. The van der Waals surface area contributed by atoms with Crippen LogP contribution in [0, 0.1) is 5.92 Å². The number of benzene rings is 1. The van der Waals surface area contributed by atoms with Crippen molar-refractivity contribution in [1.29, 1.82) is 0 Å². The molecule has 94 valence electrons. The van der Waals surface area contributed by atoms with Crippen molar-refractivity contribution in [2.45, 2.75) is 6.92 Å². The zero-order valence-electron chi connectivity index (χ0n) is 9.80. The van der Waals surface area contributed by atoms with Crippen molar-refractivity contribution in [3.8, 4) is 0 Å². The second kappa shape index (κ2) is 7.13. The summed E-state index contributed by atoms with van der Waals surface area (Å²) in [4.78, 5) is 11.9. The van der Waals surface area contributed by atoms with Crippen molar-refractivity contribution in [3.05, 3.63) is 32.7 Å². The third kappa shape index (κ3) is 4.77. The van der Waals surface area contributed by atoms with Crippen LogP contribution in [0.2, 0.25) is 0 Å². The lowest BCUT2D eigenvalue weighted by molar-refractivity contribution is 0.0933.